The van der Waals surface area contributed by atoms with Gasteiger partial charge in [0, 0.05) is 6.20 Å². The third-order valence-corrected chi connectivity index (χ3v) is 3.45. The molecule has 0 aromatic carbocycles. The monoisotopic (exact) mass is 304 g/mol. The van der Waals surface area contributed by atoms with E-state index in [1.807, 2.05) is 0 Å². The highest BCUT2D eigenvalue weighted by atomic mass is 16.2. The number of hydrogen-bond donors (Lipinski definition) is 3. The third kappa shape index (κ3) is 2.34. The summed E-state index contributed by atoms with van der Waals surface area (Å²) in [5.74, 6) is -1.90. The Hall–Kier alpha value is -3.04. The maximum Gasteiger partial charge on any atom is 0.249 e. The fourth-order valence-electron chi connectivity index (χ4n) is 2.51. The van der Waals surface area contributed by atoms with Crippen molar-refractivity contribution < 1.29 is 19.2 Å². The molecular weight excluding hydrogens is 292 g/mol. The first-order valence-electron chi connectivity index (χ1n) is 6.50. The molecule has 2 saturated heterocycles. The lowest BCUT2D eigenvalue weighted by Gasteiger charge is -2.30. The first-order valence-corrected chi connectivity index (χ1v) is 6.50. The molecule has 10 nitrogen and oxygen atoms in total. The fraction of sp³-hybridized carbons (Fsp3) is 0.333. The van der Waals surface area contributed by atoms with E-state index in [9.17, 15) is 19.2 Å². The summed E-state index contributed by atoms with van der Waals surface area (Å²) in [6.07, 6.45) is 1.08. The van der Waals surface area contributed by atoms with E-state index >= 15 is 0 Å². The van der Waals surface area contributed by atoms with E-state index in [1.165, 1.54) is 17.2 Å². The van der Waals surface area contributed by atoms with Gasteiger partial charge in [0.2, 0.25) is 29.6 Å². The van der Waals surface area contributed by atoms with Crippen LogP contribution >= 0.6 is 0 Å². The minimum Gasteiger partial charge on any atom is -0.384 e. The van der Waals surface area contributed by atoms with Crippen molar-refractivity contribution in [3.63, 3.8) is 0 Å². The van der Waals surface area contributed by atoms with Crippen LogP contribution in [0.1, 0.15) is 12.8 Å². The van der Waals surface area contributed by atoms with Crippen LogP contribution in [0.2, 0.25) is 0 Å². The summed E-state index contributed by atoms with van der Waals surface area (Å²) in [7, 11) is 0. The Labute approximate surface area is 124 Å². The maximum atomic E-state index is 12.0. The SMILES string of the molecule is Nc1ccnc(N(C2CC(=O)NC2=O)C2CC(=O)NC2=O)n1. The Bertz CT molecular complexity index is 654. The summed E-state index contributed by atoms with van der Waals surface area (Å²) in [6, 6.07) is -0.478. The lowest BCUT2D eigenvalue weighted by molar-refractivity contribution is -0.126. The molecule has 4 N–H and O–H groups in total. The molecule has 3 rings (SSSR count). The Morgan fingerprint density at radius 1 is 1.05 bits per heavy atom. The van der Waals surface area contributed by atoms with E-state index < -0.39 is 35.7 Å². The highest BCUT2D eigenvalue weighted by molar-refractivity contribution is 6.10. The molecule has 3 heterocycles. The summed E-state index contributed by atoms with van der Waals surface area (Å²) in [5, 5.41) is 4.32. The van der Waals surface area contributed by atoms with E-state index in [0.29, 0.717) is 0 Å². The second-order valence-corrected chi connectivity index (χ2v) is 4.95. The molecule has 0 spiro atoms. The van der Waals surface area contributed by atoms with Gasteiger partial charge in [0.25, 0.3) is 0 Å². The highest BCUT2D eigenvalue weighted by Crippen LogP contribution is 2.24. The number of aromatic nitrogens is 2. The van der Waals surface area contributed by atoms with Crippen LogP contribution in [0.4, 0.5) is 11.8 Å². The van der Waals surface area contributed by atoms with Crippen LogP contribution in [0.15, 0.2) is 12.3 Å². The van der Waals surface area contributed by atoms with Gasteiger partial charge in [-0.25, -0.2) is 4.98 Å². The van der Waals surface area contributed by atoms with Crippen LogP contribution in [-0.4, -0.2) is 45.7 Å². The largest absolute Gasteiger partial charge is 0.384 e. The second kappa shape index (κ2) is 5.06. The highest BCUT2D eigenvalue weighted by Gasteiger charge is 2.45. The summed E-state index contributed by atoms with van der Waals surface area (Å²) < 4.78 is 0. The molecular formula is C12H12N6O4. The number of amides is 4. The van der Waals surface area contributed by atoms with E-state index in [4.69, 9.17) is 5.73 Å². The van der Waals surface area contributed by atoms with Crippen LogP contribution in [0.25, 0.3) is 0 Å². The molecule has 2 aliphatic rings. The summed E-state index contributed by atoms with van der Waals surface area (Å²) in [4.78, 5) is 56.0. The molecule has 0 bridgehead atoms. The molecule has 22 heavy (non-hydrogen) atoms. The van der Waals surface area contributed by atoms with Gasteiger partial charge < -0.3 is 10.6 Å². The van der Waals surface area contributed by atoms with Gasteiger partial charge in [-0.1, -0.05) is 0 Å². The molecule has 2 unspecified atom stereocenters. The number of nitrogens with zero attached hydrogens (tertiary/aromatic N) is 3. The quantitative estimate of drug-likeness (QED) is 0.528. The molecule has 2 fully saturated rings. The number of imide groups is 2. The summed E-state index contributed by atoms with van der Waals surface area (Å²) in [6.45, 7) is 0. The maximum absolute atomic E-state index is 12.0. The van der Waals surface area contributed by atoms with Crippen molar-refractivity contribution in [1.82, 2.24) is 20.6 Å². The van der Waals surface area contributed by atoms with Crippen LogP contribution in [-0.2, 0) is 19.2 Å². The van der Waals surface area contributed by atoms with E-state index in [2.05, 4.69) is 20.6 Å². The van der Waals surface area contributed by atoms with E-state index in [1.54, 1.807) is 0 Å². The molecule has 4 amide bonds. The molecule has 1 aromatic heterocycles. The number of nitrogen functional groups attached to an aromatic ring is 1. The number of carbonyl (C=O) groups is 4. The van der Waals surface area contributed by atoms with Crippen molar-refractivity contribution in [2.75, 3.05) is 10.6 Å². The van der Waals surface area contributed by atoms with Gasteiger partial charge in [0.05, 0.1) is 12.8 Å². The van der Waals surface area contributed by atoms with Crippen LogP contribution in [0.3, 0.4) is 0 Å². The van der Waals surface area contributed by atoms with Crippen molar-refractivity contribution in [1.29, 1.82) is 0 Å². The van der Waals surface area contributed by atoms with Gasteiger partial charge in [-0.3, -0.25) is 29.8 Å². The summed E-state index contributed by atoms with van der Waals surface area (Å²) >= 11 is 0. The van der Waals surface area contributed by atoms with Gasteiger partial charge in [-0.2, -0.15) is 4.98 Å². The van der Waals surface area contributed by atoms with Crippen molar-refractivity contribution in [3.05, 3.63) is 12.3 Å². The standard InChI is InChI=1S/C12H12N6O4/c13-7-1-2-14-12(15-7)18(5-3-8(19)16-10(5)21)6-4-9(20)17-11(6)22/h1-2,5-6H,3-4H2,(H2,13,14,15)(H,16,19,21)(H,17,20,22). The number of nitrogens with one attached hydrogen (secondary N) is 2. The molecule has 2 aliphatic heterocycles. The van der Waals surface area contributed by atoms with Gasteiger partial charge in [-0.05, 0) is 6.07 Å². The van der Waals surface area contributed by atoms with Crippen molar-refractivity contribution in [2.45, 2.75) is 24.9 Å². The first-order chi connectivity index (χ1) is 10.5. The van der Waals surface area contributed by atoms with Gasteiger partial charge in [-0.15, -0.1) is 0 Å². The van der Waals surface area contributed by atoms with Crippen molar-refractivity contribution in [2.24, 2.45) is 0 Å². The molecule has 0 saturated carbocycles. The first kappa shape index (κ1) is 13.9. The molecule has 10 heteroatoms. The number of rotatable bonds is 3. The number of anilines is 2. The zero-order chi connectivity index (χ0) is 15.9. The second-order valence-electron chi connectivity index (χ2n) is 4.95. The average Bonchev–Trinajstić information content (AvgIpc) is 2.93. The predicted molar refractivity (Wildman–Crippen MR) is 72.0 cm³/mol. The Balaban J connectivity index is 2.02. The number of nitrogens with two attached hydrogens (primary N) is 1. The number of carbonyl (C=O) groups excluding carboxylic acids is 4. The van der Waals surface area contributed by atoms with Gasteiger partial charge in [0.1, 0.15) is 17.9 Å². The molecule has 1 aromatic rings. The minimum absolute atomic E-state index is 0.0182. The van der Waals surface area contributed by atoms with Crippen molar-refractivity contribution in [3.8, 4) is 0 Å². The normalized spacial score (nSPS) is 24.4. The Kier molecular flexibility index (Phi) is 3.20. The zero-order valence-electron chi connectivity index (χ0n) is 11.3. The van der Waals surface area contributed by atoms with Crippen molar-refractivity contribution >= 4 is 35.4 Å². The molecule has 0 radical (unpaired) electrons. The zero-order valence-corrected chi connectivity index (χ0v) is 11.3. The Morgan fingerprint density at radius 3 is 2.00 bits per heavy atom. The topological polar surface area (TPSA) is 147 Å². The van der Waals surface area contributed by atoms with Crippen LogP contribution < -0.4 is 21.3 Å². The molecule has 0 aliphatic carbocycles. The predicted octanol–water partition coefficient (Wildman–Crippen LogP) is -2.30. The van der Waals surface area contributed by atoms with Crippen LogP contribution in [0, 0.1) is 0 Å². The van der Waals surface area contributed by atoms with Gasteiger partial charge >= 0.3 is 0 Å². The molecule has 114 valence electrons. The third-order valence-electron chi connectivity index (χ3n) is 3.45. The minimum atomic E-state index is -0.962. The lowest BCUT2D eigenvalue weighted by Crippen LogP contribution is -2.50. The number of hydrogen-bond acceptors (Lipinski definition) is 8. The smallest absolute Gasteiger partial charge is 0.249 e. The lowest BCUT2D eigenvalue weighted by atomic mass is 10.1. The van der Waals surface area contributed by atoms with E-state index in [0.717, 1.165) is 0 Å². The molecule has 2 atom stereocenters. The fourth-order valence-corrected chi connectivity index (χ4v) is 2.51. The van der Waals surface area contributed by atoms with Crippen LogP contribution in [0.5, 0.6) is 0 Å². The van der Waals surface area contributed by atoms with E-state index in [-0.39, 0.29) is 24.6 Å². The van der Waals surface area contributed by atoms with Gasteiger partial charge in [0.15, 0.2) is 0 Å². The average molecular weight is 304 g/mol. The summed E-state index contributed by atoms with van der Waals surface area (Å²) in [5.41, 5.74) is 5.60. The Morgan fingerprint density at radius 2 is 1.59 bits per heavy atom.